The molecule has 1 aliphatic rings. The van der Waals surface area contributed by atoms with E-state index in [1.54, 1.807) is 0 Å². The molecule has 3 N–H and O–H groups in total. The van der Waals surface area contributed by atoms with Crippen molar-refractivity contribution >= 4 is 5.96 Å². The minimum absolute atomic E-state index is 0.115. The SMILES string of the molecule is CC(C)CNC(N)=NCC1(c2ccc(F)cc2)CCOCC1. The molecule has 122 valence electrons. The number of hydrogen-bond donors (Lipinski definition) is 2. The molecule has 0 unspecified atom stereocenters. The van der Waals surface area contributed by atoms with Gasteiger partial charge in [-0.1, -0.05) is 26.0 Å². The summed E-state index contributed by atoms with van der Waals surface area (Å²) in [7, 11) is 0. The molecule has 0 atom stereocenters. The molecule has 0 aliphatic carbocycles. The van der Waals surface area contributed by atoms with Crippen LogP contribution >= 0.6 is 0 Å². The Bertz CT molecular complexity index is 493. The van der Waals surface area contributed by atoms with Crippen LogP contribution in [0.5, 0.6) is 0 Å². The number of hydrogen-bond acceptors (Lipinski definition) is 2. The maximum absolute atomic E-state index is 13.2. The molecule has 1 aromatic rings. The summed E-state index contributed by atoms with van der Waals surface area (Å²) in [6.45, 7) is 7.05. The summed E-state index contributed by atoms with van der Waals surface area (Å²) in [5.74, 6) is 0.775. The summed E-state index contributed by atoms with van der Waals surface area (Å²) in [6, 6.07) is 6.73. The molecule has 0 aromatic heterocycles. The van der Waals surface area contributed by atoms with Crippen molar-refractivity contribution in [2.24, 2.45) is 16.6 Å². The summed E-state index contributed by atoms with van der Waals surface area (Å²) in [5.41, 5.74) is 6.94. The lowest BCUT2D eigenvalue weighted by Gasteiger charge is -2.36. The lowest BCUT2D eigenvalue weighted by molar-refractivity contribution is 0.0531. The maximum Gasteiger partial charge on any atom is 0.188 e. The number of halogens is 1. The van der Waals surface area contributed by atoms with Gasteiger partial charge in [-0.05, 0) is 36.5 Å². The van der Waals surface area contributed by atoms with Gasteiger partial charge in [0.05, 0.1) is 6.54 Å². The van der Waals surface area contributed by atoms with Gasteiger partial charge < -0.3 is 15.8 Å². The highest BCUT2D eigenvalue weighted by Crippen LogP contribution is 2.35. The number of guanidine groups is 1. The average Bonchev–Trinajstić information content (AvgIpc) is 2.52. The van der Waals surface area contributed by atoms with Crippen molar-refractivity contribution in [3.05, 3.63) is 35.6 Å². The zero-order valence-corrected chi connectivity index (χ0v) is 13.4. The van der Waals surface area contributed by atoms with E-state index in [0.717, 1.165) is 24.9 Å². The molecule has 4 nitrogen and oxygen atoms in total. The number of ether oxygens (including phenoxy) is 1. The monoisotopic (exact) mass is 307 g/mol. The molecule has 2 rings (SSSR count). The van der Waals surface area contributed by atoms with E-state index >= 15 is 0 Å². The predicted molar refractivity (Wildman–Crippen MR) is 87.5 cm³/mol. The Hall–Kier alpha value is -1.62. The summed E-state index contributed by atoms with van der Waals surface area (Å²) in [4.78, 5) is 4.52. The fraction of sp³-hybridized carbons (Fsp3) is 0.588. The number of aliphatic imine (C=N–C) groups is 1. The smallest absolute Gasteiger partial charge is 0.188 e. The average molecular weight is 307 g/mol. The van der Waals surface area contributed by atoms with E-state index in [4.69, 9.17) is 10.5 Å². The highest BCUT2D eigenvalue weighted by atomic mass is 19.1. The molecule has 5 heteroatoms. The molecule has 1 aliphatic heterocycles. The summed E-state index contributed by atoms with van der Waals surface area (Å²) < 4.78 is 18.7. The van der Waals surface area contributed by atoms with Crippen LogP contribution in [0.15, 0.2) is 29.3 Å². The first-order chi connectivity index (χ1) is 10.5. The van der Waals surface area contributed by atoms with Crippen LogP contribution in [0.1, 0.15) is 32.3 Å². The van der Waals surface area contributed by atoms with Crippen molar-refractivity contribution in [1.82, 2.24) is 5.32 Å². The van der Waals surface area contributed by atoms with Gasteiger partial charge in [-0.2, -0.15) is 0 Å². The van der Waals surface area contributed by atoms with Crippen LogP contribution in [0, 0.1) is 11.7 Å². The first-order valence-corrected chi connectivity index (χ1v) is 7.89. The lowest BCUT2D eigenvalue weighted by atomic mass is 9.74. The number of nitrogens with zero attached hydrogens (tertiary/aromatic N) is 1. The van der Waals surface area contributed by atoms with Gasteiger partial charge in [0.15, 0.2) is 5.96 Å². The van der Waals surface area contributed by atoms with Crippen LogP contribution in [0.2, 0.25) is 0 Å². The molecule has 0 bridgehead atoms. The first-order valence-electron chi connectivity index (χ1n) is 7.89. The quantitative estimate of drug-likeness (QED) is 0.649. The molecule has 1 aromatic carbocycles. The van der Waals surface area contributed by atoms with Crippen LogP contribution < -0.4 is 11.1 Å². The first kappa shape index (κ1) is 16.7. The summed E-state index contributed by atoms with van der Waals surface area (Å²) >= 11 is 0. The van der Waals surface area contributed by atoms with E-state index in [-0.39, 0.29) is 11.2 Å². The topological polar surface area (TPSA) is 59.6 Å². The van der Waals surface area contributed by atoms with Crippen LogP contribution in [-0.2, 0) is 10.2 Å². The predicted octanol–water partition coefficient (Wildman–Crippen LogP) is 2.43. The third-order valence-electron chi connectivity index (χ3n) is 4.15. The Balaban J connectivity index is 2.12. The van der Waals surface area contributed by atoms with Gasteiger partial charge in [-0.25, -0.2) is 4.39 Å². The van der Waals surface area contributed by atoms with Crippen LogP contribution in [0.3, 0.4) is 0 Å². The van der Waals surface area contributed by atoms with Gasteiger partial charge in [0.2, 0.25) is 0 Å². The fourth-order valence-electron chi connectivity index (χ4n) is 2.70. The highest BCUT2D eigenvalue weighted by Gasteiger charge is 2.34. The Morgan fingerprint density at radius 1 is 1.32 bits per heavy atom. The van der Waals surface area contributed by atoms with Crippen molar-refractivity contribution < 1.29 is 9.13 Å². The summed E-state index contributed by atoms with van der Waals surface area (Å²) in [6.07, 6.45) is 1.75. The van der Waals surface area contributed by atoms with Gasteiger partial charge >= 0.3 is 0 Å². The van der Waals surface area contributed by atoms with Crippen molar-refractivity contribution in [2.45, 2.75) is 32.1 Å². The zero-order chi connectivity index (χ0) is 16.0. The second-order valence-corrected chi connectivity index (χ2v) is 6.38. The normalized spacial score (nSPS) is 18.5. The Labute approximate surface area is 132 Å². The van der Waals surface area contributed by atoms with Gasteiger partial charge in [0.1, 0.15) is 5.82 Å². The van der Waals surface area contributed by atoms with E-state index in [1.165, 1.54) is 12.1 Å². The number of nitrogens with one attached hydrogen (secondary N) is 1. The standard InChI is InChI=1S/C17H26FN3O/c1-13(2)11-20-16(19)21-12-17(7-9-22-10-8-17)14-3-5-15(18)6-4-14/h3-6,13H,7-12H2,1-2H3,(H3,19,20,21). The molecular weight excluding hydrogens is 281 g/mol. The van der Waals surface area contributed by atoms with E-state index in [9.17, 15) is 4.39 Å². The lowest BCUT2D eigenvalue weighted by Crippen LogP contribution is -2.40. The van der Waals surface area contributed by atoms with Crippen molar-refractivity contribution in [1.29, 1.82) is 0 Å². The van der Waals surface area contributed by atoms with Crippen molar-refractivity contribution in [3.8, 4) is 0 Å². The van der Waals surface area contributed by atoms with E-state index in [2.05, 4.69) is 24.2 Å². The van der Waals surface area contributed by atoms with Gasteiger partial charge in [-0.3, -0.25) is 4.99 Å². The van der Waals surface area contributed by atoms with Gasteiger partial charge in [0.25, 0.3) is 0 Å². The maximum atomic E-state index is 13.2. The minimum Gasteiger partial charge on any atom is -0.381 e. The molecule has 0 spiro atoms. The minimum atomic E-state index is -0.215. The Morgan fingerprint density at radius 2 is 1.95 bits per heavy atom. The van der Waals surface area contributed by atoms with E-state index in [1.807, 2.05) is 12.1 Å². The van der Waals surface area contributed by atoms with E-state index < -0.39 is 0 Å². The van der Waals surface area contributed by atoms with Gasteiger partial charge in [0, 0.05) is 25.2 Å². The molecule has 1 heterocycles. The van der Waals surface area contributed by atoms with Crippen LogP contribution in [-0.4, -0.2) is 32.3 Å². The number of nitrogens with two attached hydrogens (primary N) is 1. The van der Waals surface area contributed by atoms with Crippen LogP contribution in [0.25, 0.3) is 0 Å². The third kappa shape index (κ3) is 4.44. The Kier molecular flexibility index (Phi) is 5.77. The number of rotatable bonds is 5. The summed E-state index contributed by atoms with van der Waals surface area (Å²) in [5, 5.41) is 3.14. The second kappa shape index (κ2) is 7.58. The molecular formula is C17H26FN3O. The molecule has 1 saturated heterocycles. The van der Waals surface area contributed by atoms with E-state index in [0.29, 0.717) is 31.6 Å². The van der Waals surface area contributed by atoms with Crippen LogP contribution in [0.4, 0.5) is 4.39 Å². The van der Waals surface area contributed by atoms with Gasteiger partial charge in [-0.15, -0.1) is 0 Å². The number of benzene rings is 1. The van der Waals surface area contributed by atoms with Crippen molar-refractivity contribution in [3.63, 3.8) is 0 Å². The molecule has 1 fully saturated rings. The zero-order valence-electron chi connectivity index (χ0n) is 13.4. The fourth-order valence-corrected chi connectivity index (χ4v) is 2.70. The molecule has 0 radical (unpaired) electrons. The molecule has 0 saturated carbocycles. The molecule has 22 heavy (non-hydrogen) atoms. The third-order valence-corrected chi connectivity index (χ3v) is 4.15. The molecule has 0 amide bonds. The highest BCUT2D eigenvalue weighted by molar-refractivity contribution is 5.77. The van der Waals surface area contributed by atoms with Crippen molar-refractivity contribution in [2.75, 3.05) is 26.3 Å². The Morgan fingerprint density at radius 3 is 2.55 bits per heavy atom. The second-order valence-electron chi connectivity index (χ2n) is 6.38. The largest absolute Gasteiger partial charge is 0.381 e.